The van der Waals surface area contributed by atoms with Crippen LogP contribution in [-0.2, 0) is 0 Å². The monoisotopic (exact) mass is 323 g/mol. The Morgan fingerprint density at radius 3 is 2.62 bits per heavy atom. The summed E-state index contributed by atoms with van der Waals surface area (Å²) in [5, 5.41) is 8.44. The van der Waals surface area contributed by atoms with Gasteiger partial charge in [-0.1, -0.05) is 29.3 Å². The van der Waals surface area contributed by atoms with Gasteiger partial charge in [0.05, 0.1) is 21.9 Å². The largest absolute Gasteiger partial charge is 0.369 e. The van der Waals surface area contributed by atoms with E-state index in [9.17, 15) is 0 Å². The normalized spacial score (nSPS) is 11.0. The van der Waals surface area contributed by atoms with Gasteiger partial charge >= 0.3 is 0 Å². The van der Waals surface area contributed by atoms with Crippen molar-refractivity contribution in [3.8, 4) is 5.69 Å². The van der Waals surface area contributed by atoms with Crippen LogP contribution in [-0.4, -0.2) is 16.7 Å². The SMILES string of the molecule is Cc1cc(/C=N/N=C(N)N)c(C)n1-c1cccc(Cl)c1Cl. The second-order valence-electron chi connectivity index (χ2n) is 4.50. The Labute approximate surface area is 132 Å². The molecule has 0 atom stereocenters. The lowest BCUT2D eigenvalue weighted by Gasteiger charge is -2.12. The summed E-state index contributed by atoms with van der Waals surface area (Å²) >= 11 is 12.4. The molecule has 0 radical (unpaired) electrons. The Kier molecular flexibility index (Phi) is 4.55. The van der Waals surface area contributed by atoms with Crippen molar-refractivity contribution in [3.63, 3.8) is 0 Å². The molecule has 0 aliphatic rings. The number of nitrogens with two attached hydrogens (primary N) is 2. The quantitative estimate of drug-likeness (QED) is 0.517. The highest BCUT2D eigenvalue weighted by Crippen LogP contribution is 2.31. The molecule has 110 valence electrons. The molecule has 0 saturated carbocycles. The van der Waals surface area contributed by atoms with E-state index in [1.54, 1.807) is 12.3 Å². The van der Waals surface area contributed by atoms with E-state index in [1.165, 1.54) is 0 Å². The predicted molar refractivity (Wildman–Crippen MR) is 88.7 cm³/mol. The summed E-state index contributed by atoms with van der Waals surface area (Å²) < 4.78 is 2.01. The number of aromatic nitrogens is 1. The average Bonchev–Trinajstić information content (AvgIpc) is 2.68. The molecule has 0 unspecified atom stereocenters. The van der Waals surface area contributed by atoms with E-state index in [0.717, 1.165) is 22.6 Å². The van der Waals surface area contributed by atoms with Crippen LogP contribution in [0.4, 0.5) is 0 Å². The zero-order valence-electron chi connectivity index (χ0n) is 11.6. The van der Waals surface area contributed by atoms with E-state index in [0.29, 0.717) is 10.0 Å². The van der Waals surface area contributed by atoms with Crippen LogP contribution < -0.4 is 11.5 Å². The molecule has 4 N–H and O–H groups in total. The van der Waals surface area contributed by atoms with Crippen molar-refractivity contribution in [2.45, 2.75) is 13.8 Å². The average molecular weight is 324 g/mol. The van der Waals surface area contributed by atoms with Crippen molar-refractivity contribution in [3.05, 3.63) is 51.3 Å². The summed E-state index contributed by atoms with van der Waals surface area (Å²) in [5.41, 5.74) is 14.2. The third kappa shape index (κ3) is 3.20. The lowest BCUT2D eigenvalue weighted by molar-refractivity contribution is 0.965. The summed E-state index contributed by atoms with van der Waals surface area (Å²) in [4.78, 5) is 0. The number of hydrogen-bond acceptors (Lipinski definition) is 2. The van der Waals surface area contributed by atoms with Gasteiger partial charge in [0.1, 0.15) is 0 Å². The van der Waals surface area contributed by atoms with Gasteiger partial charge in [-0.25, -0.2) is 0 Å². The Morgan fingerprint density at radius 2 is 1.95 bits per heavy atom. The summed E-state index contributed by atoms with van der Waals surface area (Å²) in [5.74, 6) is -0.0852. The highest BCUT2D eigenvalue weighted by molar-refractivity contribution is 6.43. The maximum absolute atomic E-state index is 6.29. The molecule has 0 saturated heterocycles. The van der Waals surface area contributed by atoms with Crippen molar-refractivity contribution in [1.29, 1.82) is 0 Å². The molecule has 2 aromatic rings. The van der Waals surface area contributed by atoms with Gasteiger partial charge in [-0.15, -0.1) is 5.10 Å². The Balaban J connectivity index is 2.52. The van der Waals surface area contributed by atoms with Crippen LogP contribution in [0.3, 0.4) is 0 Å². The van der Waals surface area contributed by atoms with Crippen molar-refractivity contribution < 1.29 is 0 Å². The minimum Gasteiger partial charge on any atom is -0.369 e. The predicted octanol–water partition coefficient (Wildman–Crippen LogP) is 3.01. The molecule has 0 fully saturated rings. The van der Waals surface area contributed by atoms with Crippen LogP contribution in [0.5, 0.6) is 0 Å². The Bertz CT molecular complexity index is 727. The molecule has 0 aliphatic carbocycles. The lowest BCUT2D eigenvalue weighted by atomic mass is 10.2. The molecule has 0 bridgehead atoms. The molecular formula is C14H15Cl2N5. The number of benzene rings is 1. The van der Waals surface area contributed by atoms with Gasteiger partial charge in [0.25, 0.3) is 0 Å². The highest BCUT2D eigenvalue weighted by atomic mass is 35.5. The maximum Gasteiger partial charge on any atom is 0.211 e. The summed E-state index contributed by atoms with van der Waals surface area (Å²) in [7, 11) is 0. The fraction of sp³-hybridized carbons (Fsp3) is 0.143. The van der Waals surface area contributed by atoms with Gasteiger partial charge in [-0.05, 0) is 32.0 Å². The molecule has 0 amide bonds. The first-order chi connectivity index (χ1) is 9.91. The van der Waals surface area contributed by atoms with Crippen molar-refractivity contribution >= 4 is 35.4 Å². The van der Waals surface area contributed by atoms with Crippen molar-refractivity contribution in [2.24, 2.45) is 21.7 Å². The van der Waals surface area contributed by atoms with E-state index in [2.05, 4.69) is 10.2 Å². The second kappa shape index (κ2) is 6.20. The van der Waals surface area contributed by atoms with Crippen LogP contribution >= 0.6 is 23.2 Å². The van der Waals surface area contributed by atoms with Crippen molar-refractivity contribution in [2.75, 3.05) is 0 Å². The molecule has 1 heterocycles. The van der Waals surface area contributed by atoms with E-state index >= 15 is 0 Å². The van der Waals surface area contributed by atoms with Gasteiger partial charge < -0.3 is 16.0 Å². The first kappa shape index (κ1) is 15.4. The van der Waals surface area contributed by atoms with Crippen LogP contribution in [0.1, 0.15) is 17.0 Å². The number of hydrogen-bond donors (Lipinski definition) is 2. The van der Waals surface area contributed by atoms with E-state index in [-0.39, 0.29) is 5.96 Å². The smallest absolute Gasteiger partial charge is 0.211 e. The zero-order valence-corrected chi connectivity index (χ0v) is 13.2. The fourth-order valence-corrected chi connectivity index (χ4v) is 2.49. The number of guanidine groups is 1. The van der Waals surface area contributed by atoms with E-state index in [4.69, 9.17) is 34.7 Å². The lowest BCUT2D eigenvalue weighted by Crippen LogP contribution is -2.21. The first-order valence-corrected chi connectivity index (χ1v) is 6.92. The molecule has 0 aliphatic heterocycles. The zero-order chi connectivity index (χ0) is 15.6. The van der Waals surface area contributed by atoms with Gasteiger partial charge in [0, 0.05) is 17.0 Å². The molecular weight excluding hydrogens is 309 g/mol. The molecule has 2 rings (SSSR count). The minimum atomic E-state index is -0.0852. The molecule has 7 heteroatoms. The Morgan fingerprint density at radius 1 is 1.24 bits per heavy atom. The molecule has 1 aromatic carbocycles. The van der Waals surface area contributed by atoms with Gasteiger partial charge in [0.2, 0.25) is 5.96 Å². The molecule has 1 aromatic heterocycles. The Hall–Kier alpha value is -1.98. The second-order valence-corrected chi connectivity index (χ2v) is 5.29. The minimum absolute atomic E-state index is 0.0852. The number of halogens is 2. The van der Waals surface area contributed by atoms with E-state index < -0.39 is 0 Å². The third-order valence-corrected chi connectivity index (χ3v) is 3.82. The summed E-state index contributed by atoms with van der Waals surface area (Å²) in [6.07, 6.45) is 1.59. The number of rotatable bonds is 3. The molecule has 5 nitrogen and oxygen atoms in total. The number of aryl methyl sites for hydroxylation is 1. The molecule has 21 heavy (non-hydrogen) atoms. The van der Waals surface area contributed by atoms with Crippen LogP contribution in [0, 0.1) is 13.8 Å². The summed E-state index contributed by atoms with van der Waals surface area (Å²) in [6.45, 7) is 3.93. The third-order valence-electron chi connectivity index (χ3n) is 3.01. The standard InChI is InChI=1S/C14H15Cl2N5/c1-8-6-10(7-19-20-14(17)18)9(2)21(8)12-5-3-4-11(15)13(12)16/h3-7H,1-2H3,(H4,17,18,20)/b19-7+. The maximum atomic E-state index is 6.29. The van der Waals surface area contributed by atoms with Gasteiger partial charge in [0.15, 0.2) is 0 Å². The molecule has 0 spiro atoms. The van der Waals surface area contributed by atoms with Crippen LogP contribution in [0.25, 0.3) is 5.69 Å². The van der Waals surface area contributed by atoms with Gasteiger partial charge in [-0.2, -0.15) is 5.10 Å². The topological polar surface area (TPSA) is 81.7 Å². The van der Waals surface area contributed by atoms with E-state index in [1.807, 2.05) is 36.6 Å². The van der Waals surface area contributed by atoms with Crippen LogP contribution in [0.15, 0.2) is 34.5 Å². The highest BCUT2D eigenvalue weighted by Gasteiger charge is 2.13. The van der Waals surface area contributed by atoms with Crippen molar-refractivity contribution in [1.82, 2.24) is 4.57 Å². The number of nitrogens with zero attached hydrogens (tertiary/aromatic N) is 3. The first-order valence-electron chi connectivity index (χ1n) is 6.17. The van der Waals surface area contributed by atoms with Crippen LogP contribution in [0.2, 0.25) is 10.0 Å². The fourth-order valence-electron chi connectivity index (χ4n) is 2.11. The summed E-state index contributed by atoms with van der Waals surface area (Å²) in [6, 6.07) is 7.49. The van der Waals surface area contributed by atoms with Gasteiger partial charge in [-0.3, -0.25) is 0 Å².